The molecule has 0 bridgehead atoms. The summed E-state index contributed by atoms with van der Waals surface area (Å²) in [5.74, 6) is 0. The van der Waals surface area contributed by atoms with Crippen LogP contribution < -0.4 is 58.8 Å². The summed E-state index contributed by atoms with van der Waals surface area (Å²) in [6, 6.07) is 83.4. The average molecular weight is 1350 g/mol. The number of benzene rings is 12. The summed E-state index contributed by atoms with van der Waals surface area (Å²) in [5.41, 5.74) is 12.7. The standard InChI is InChI=1S/C90H98N12/c1-85(91(3)67-39-15-27-61-28-16-40-68(79(61)67)92(85)4)51-53-87(95(7)71-43-19-31-63-32-20-44-72(81(63)71)96(87)8)55-57-89(99(11)75-47-23-35-65-36-24-48-76(83(65)75)100(89)12)59-60-90(101(13)77-49-25-37-66-38-26-50-78(84(66)77)102(90)14)58-56-88(97(9)73-45-21-33-64-34-22-46-74(82(64)73)98(88)10)54-52-86(2)93(5)69-41-17-29-62-30-18-42-70(80(62)69)94(86)6/h15-50H,51-60H2,1-14H3. The van der Waals surface area contributed by atoms with Crippen LogP contribution in [0.15, 0.2) is 218 Å². The zero-order valence-electron chi connectivity index (χ0n) is 62.2. The fourth-order valence-corrected chi connectivity index (χ4v) is 21.3. The van der Waals surface area contributed by atoms with Crippen LogP contribution in [0.2, 0.25) is 0 Å². The van der Waals surface area contributed by atoms with E-state index in [0.717, 1.165) is 64.2 Å². The van der Waals surface area contributed by atoms with Crippen LogP contribution in [0.5, 0.6) is 0 Å². The SMILES string of the molecule is CN1c2cccc3cccc(c23)N(C)C1(C)CCC1(CCC2(CCC3(CCC4(CCC5(C)N(C)c6cccc7cccc(c67)N5C)N(C)c5cccc6cccc(c56)N4C)N(C)c4cccc5cccc(c45)N3C)N(C)c3cccc4cccc(c34)N2C)N(C)c2cccc3cccc(c23)N1C. The maximum absolute atomic E-state index is 2.75. The Balaban J connectivity index is 0.782. The van der Waals surface area contributed by atoms with Crippen molar-refractivity contribution in [3.63, 3.8) is 0 Å². The van der Waals surface area contributed by atoms with Crippen molar-refractivity contribution in [2.45, 2.75) is 112 Å². The van der Waals surface area contributed by atoms with E-state index in [1.165, 1.54) is 133 Å². The molecule has 6 aliphatic heterocycles. The van der Waals surface area contributed by atoms with Crippen molar-refractivity contribution in [2.24, 2.45) is 0 Å². The lowest BCUT2D eigenvalue weighted by Gasteiger charge is -2.61. The summed E-state index contributed by atoms with van der Waals surface area (Å²) >= 11 is 0. The molecule has 0 unspecified atom stereocenters. The molecule has 0 radical (unpaired) electrons. The van der Waals surface area contributed by atoms with E-state index in [4.69, 9.17) is 0 Å². The summed E-state index contributed by atoms with van der Waals surface area (Å²) in [6.45, 7) is 4.98. The molecule has 12 aromatic rings. The van der Waals surface area contributed by atoms with E-state index in [1.807, 2.05) is 0 Å². The average Bonchev–Trinajstić information content (AvgIpc) is 0.737. The second-order valence-electron chi connectivity index (χ2n) is 31.5. The topological polar surface area (TPSA) is 38.9 Å². The molecular formula is C90H98N12. The molecule has 12 aromatic carbocycles. The molecule has 18 rings (SSSR count). The van der Waals surface area contributed by atoms with Gasteiger partial charge in [-0.15, -0.1) is 0 Å². The molecule has 12 heteroatoms. The van der Waals surface area contributed by atoms with E-state index in [2.05, 4.69) is 376 Å². The molecular weight excluding hydrogens is 1250 g/mol. The van der Waals surface area contributed by atoms with Gasteiger partial charge in [-0.1, -0.05) is 146 Å². The highest BCUT2D eigenvalue weighted by atomic mass is 15.5. The van der Waals surface area contributed by atoms with Crippen LogP contribution in [-0.4, -0.2) is 119 Å². The molecule has 0 atom stereocenters. The lowest BCUT2D eigenvalue weighted by atomic mass is 9.77. The lowest BCUT2D eigenvalue weighted by Crippen LogP contribution is -2.68. The second-order valence-corrected chi connectivity index (χ2v) is 31.5. The summed E-state index contributed by atoms with van der Waals surface area (Å²) < 4.78 is 0. The van der Waals surface area contributed by atoms with Gasteiger partial charge >= 0.3 is 0 Å². The highest BCUT2D eigenvalue weighted by Gasteiger charge is 2.56. The fourth-order valence-electron chi connectivity index (χ4n) is 21.3. The molecule has 102 heavy (non-hydrogen) atoms. The van der Waals surface area contributed by atoms with Crippen LogP contribution in [0.4, 0.5) is 68.2 Å². The number of anilines is 12. The monoisotopic (exact) mass is 1350 g/mol. The van der Waals surface area contributed by atoms with Gasteiger partial charge < -0.3 is 58.8 Å². The van der Waals surface area contributed by atoms with Crippen LogP contribution in [-0.2, 0) is 0 Å². The Labute approximate surface area is 603 Å². The predicted molar refractivity (Wildman–Crippen MR) is 438 cm³/mol. The zero-order valence-corrected chi connectivity index (χ0v) is 62.2. The smallest absolute Gasteiger partial charge is 0.112 e. The Bertz CT molecular complexity index is 4790. The van der Waals surface area contributed by atoms with E-state index in [9.17, 15) is 0 Å². The Morgan fingerprint density at radius 2 is 0.284 bits per heavy atom. The molecule has 6 heterocycles. The minimum absolute atomic E-state index is 0.362. The maximum atomic E-state index is 2.75. The van der Waals surface area contributed by atoms with Gasteiger partial charge in [-0.2, -0.15) is 0 Å². The van der Waals surface area contributed by atoms with Gasteiger partial charge in [-0.05, 0) is 183 Å². The molecule has 0 aliphatic carbocycles. The first kappa shape index (κ1) is 63.9. The first-order valence-electron chi connectivity index (χ1n) is 37.2. The van der Waals surface area contributed by atoms with Crippen LogP contribution in [0.3, 0.4) is 0 Å². The van der Waals surface area contributed by atoms with Crippen molar-refractivity contribution in [1.82, 2.24) is 0 Å². The Kier molecular flexibility index (Phi) is 14.2. The largest absolute Gasteiger partial charge is 0.351 e. The Morgan fingerprint density at radius 1 is 0.167 bits per heavy atom. The van der Waals surface area contributed by atoms with E-state index in [-0.39, 0.29) is 11.3 Å². The van der Waals surface area contributed by atoms with Gasteiger partial charge in [0, 0.05) is 185 Å². The first-order chi connectivity index (χ1) is 49.2. The minimum atomic E-state index is -0.538. The van der Waals surface area contributed by atoms with Gasteiger partial charge in [0.1, 0.15) is 34.0 Å². The van der Waals surface area contributed by atoms with Gasteiger partial charge in [0.25, 0.3) is 0 Å². The first-order valence-corrected chi connectivity index (χ1v) is 37.2. The fraction of sp³-hybridized carbons (Fsp3) is 0.333. The number of hydrogen-bond acceptors (Lipinski definition) is 12. The van der Waals surface area contributed by atoms with Crippen LogP contribution in [0, 0.1) is 0 Å². The maximum Gasteiger partial charge on any atom is 0.112 e. The molecule has 0 N–H and O–H groups in total. The highest BCUT2D eigenvalue weighted by Crippen LogP contribution is 2.59. The van der Waals surface area contributed by atoms with E-state index >= 15 is 0 Å². The summed E-state index contributed by atoms with van der Waals surface area (Å²) in [7, 11) is 28.8. The number of hydrogen-bond donors (Lipinski definition) is 0. The number of rotatable bonds is 15. The summed E-state index contributed by atoms with van der Waals surface area (Å²) in [6.07, 6.45) is 8.79. The molecule has 0 saturated carbocycles. The third-order valence-corrected chi connectivity index (χ3v) is 28.2. The molecule has 6 aliphatic rings. The van der Waals surface area contributed by atoms with Gasteiger partial charge in [0.15, 0.2) is 0 Å². The van der Waals surface area contributed by atoms with Gasteiger partial charge in [-0.25, -0.2) is 0 Å². The Morgan fingerprint density at radius 3 is 0.422 bits per heavy atom. The molecule has 0 aromatic heterocycles. The van der Waals surface area contributed by atoms with Gasteiger partial charge in [0.2, 0.25) is 0 Å². The van der Waals surface area contributed by atoms with Crippen molar-refractivity contribution in [3.05, 3.63) is 218 Å². The molecule has 0 spiro atoms. The van der Waals surface area contributed by atoms with Crippen LogP contribution >= 0.6 is 0 Å². The van der Waals surface area contributed by atoms with Gasteiger partial charge in [0.05, 0.1) is 0 Å². The Hall–Kier alpha value is -10.2. The summed E-state index contributed by atoms with van der Waals surface area (Å²) in [5, 5.41) is 15.6. The highest BCUT2D eigenvalue weighted by molar-refractivity contribution is 6.11. The van der Waals surface area contributed by atoms with Crippen LogP contribution in [0.1, 0.15) is 78.1 Å². The van der Waals surface area contributed by atoms with Crippen molar-refractivity contribution in [3.8, 4) is 0 Å². The third-order valence-electron chi connectivity index (χ3n) is 28.2. The van der Waals surface area contributed by atoms with E-state index < -0.39 is 22.7 Å². The molecule has 0 amide bonds. The normalized spacial score (nSPS) is 18.5. The van der Waals surface area contributed by atoms with Crippen molar-refractivity contribution < 1.29 is 0 Å². The second kappa shape index (κ2) is 22.6. The van der Waals surface area contributed by atoms with Crippen LogP contribution in [0.25, 0.3) is 64.6 Å². The zero-order chi connectivity index (χ0) is 70.3. The molecule has 0 fully saturated rings. The van der Waals surface area contributed by atoms with Crippen molar-refractivity contribution >= 4 is 133 Å². The van der Waals surface area contributed by atoms with E-state index in [1.54, 1.807) is 0 Å². The predicted octanol–water partition coefficient (Wildman–Crippen LogP) is 19.5. The minimum Gasteiger partial charge on any atom is -0.351 e. The van der Waals surface area contributed by atoms with Crippen molar-refractivity contribution in [1.29, 1.82) is 0 Å². The molecule has 0 saturated heterocycles. The third kappa shape index (κ3) is 8.49. The number of nitrogens with zero attached hydrogens (tertiary/aromatic N) is 12. The molecule has 12 nitrogen and oxygen atoms in total. The lowest BCUT2D eigenvalue weighted by molar-refractivity contribution is 0.206. The molecule has 518 valence electrons. The quantitative estimate of drug-likeness (QED) is 0.0982. The van der Waals surface area contributed by atoms with Crippen molar-refractivity contribution in [2.75, 3.05) is 143 Å². The van der Waals surface area contributed by atoms with Gasteiger partial charge in [-0.3, -0.25) is 0 Å². The summed E-state index contributed by atoms with van der Waals surface area (Å²) in [4.78, 5) is 32.2. The van der Waals surface area contributed by atoms with E-state index in [0.29, 0.717) is 0 Å².